The third kappa shape index (κ3) is 3.56. The van der Waals surface area contributed by atoms with Gasteiger partial charge < -0.3 is 10.1 Å². The molecule has 0 bridgehead atoms. The van der Waals surface area contributed by atoms with Crippen molar-refractivity contribution in [1.29, 1.82) is 0 Å². The van der Waals surface area contributed by atoms with E-state index in [9.17, 15) is 0 Å². The molecule has 0 heterocycles. The number of hydrogen-bond donors (Lipinski definition) is 1. The number of rotatable bonds is 5. The van der Waals surface area contributed by atoms with Gasteiger partial charge in [0, 0.05) is 22.1 Å². The number of hydrogen-bond acceptors (Lipinski definition) is 2. The summed E-state index contributed by atoms with van der Waals surface area (Å²) in [4.78, 5) is 0. The summed E-state index contributed by atoms with van der Waals surface area (Å²) in [6, 6.07) is 22.5. The zero-order chi connectivity index (χ0) is 14.5. The molecule has 0 aliphatic carbocycles. The van der Waals surface area contributed by atoms with Gasteiger partial charge in [-0.25, -0.2) is 0 Å². The second-order valence-electron chi connectivity index (χ2n) is 4.76. The standard InChI is InChI=1S/C18H16BrNO/c19-15-8-10-16(11-9-15)21-13-12-20-18-7-3-5-14-4-1-2-6-17(14)18/h1-11,20H,12-13H2. The van der Waals surface area contributed by atoms with Gasteiger partial charge in [-0.2, -0.15) is 0 Å². The van der Waals surface area contributed by atoms with Crippen LogP contribution in [0.2, 0.25) is 0 Å². The molecule has 0 aliphatic rings. The fraction of sp³-hybridized carbons (Fsp3) is 0.111. The van der Waals surface area contributed by atoms with Crippen molar-refractivity contribution in [3.63, 3.8) is 0 Å². The molecule has 0 fully saturated rings. The van der Waals surface area contributed by atoms with Gasteiger partial charge in [-0.05, 0) is 35.7 Å². The molecule has 0 saturated carbocycles. The van der Waals surface area contributed by atoms with Crippen LogP contribution in [0.15, 0.2) is 71.2 Å². The Bertz CT molecular complexity index is 719. The summed E-state index contributed by atoms with van der Waals surface area (Å²) in [5.74, 6) is 0.887. The molecule has 3 heteroatoms. The summed E-state index contributed by atoms with van der Waals surface area (Å²) in [6.07, 6.45) is 0. The van der Waals surface area contributed by atoms with E-state index in [1.165, 1.54) is 10.8 Å². The van der Waals surface area contributed by atoms with Crippen molar-refractivity contribution in [2.45, 2.75) is 0 Å². The van der Waals surface area contributed by atoms with Crippen molar-refractivity contribution in [3.8, 4) is 5.75 Å². The minimum atomic E-state index is 0.630. The van der Waals surface area contributed by atoms with Gasteiger partial charge in [0.2, 0.25) is 0 Å². The van der Waals surface area contributed by atoms with Crippen molar-refractivity contribution in [2.24, 2.45) is 0 Å². The largest absolute Gasteiger partial charge is 0.492 e. The van der Waals surface area contributed by atoms with Gasteiger partial charge in [-0.3, -0.25) is 0 Å². The van der Waals surface area contributed by atoms with E-state index in [-0.39, 0.29) is 0 Å². The highest BCUT2D eigenvalue weighted by Crippen LogP contribution is 2.22. The van der Waals surface area contributed by atoms with Crippen molar-refractivity contribution < 1.29 is 4.74 Å². The van der Waals surface area contributed by atoms with E-state index in [0.29, 0.717) is 6.61 Å². The molecule has 0 unspecified atom stereocenters. The fourth-order valence-corrected chi connectivity index (χ4v) is 2.53. The highest BCUT2D eigenvalue weighted by Gasteiger charge is 1.99. The van der Waals surface area contributed by atoms with Gasteiger partial charge >= 0.3 is 0 Å². The first-order chi connectivity index (χ1) is 10.3. The van der Waals surface area contributed by atoms with Crippen molar-refractivity contribution in [1.82, 2.24) is 0 Å². The van der Waals surface area contributed by atoms with Crippen LogP contribution < -0.4 is 10.1 Å². The summed E-state index contributed by atoms with van der Waals surface area (Å²) >= 11 is 3.41. The molecule has 3 rings (SSSR count). The SMILES string of the molecule is Brc1ccc(OCCNc2cccc3ccccc23)cc1. The Morgan fingerprint density at radius 3 is 2.48 bits per heavy atom. The highest BCUT2D eigenvalue weighted by molar-refractivity contribution is 9.10. The molecular formula is C18H16BrNO. The summed E-state index contributed by atoms with van der Waals surface area (Å²) in [5, 5.41) is 5.92. The second-order valence-corrected chi connectivity index (χ2v) is 5.67. The molecule has 0 atom stereocenters. The molecule has 0 saturated heterocycles. The zero-order valence-corrected chi connectivity index (χ0v) is 13.1. The fourth-order valence-electron chi connectivity index (χ4n) is 2.26. The molecule has 106 valence electrons. The van der Waals surface area contributed by atoms with Crippen molar-refractivity contribution >= 4 is 32.4 Å². The van der Waals surface area contributed by atoms with Crippen LogP contribution in [-0.4, -0.2) is 13.2 Å². The van der Waals surface area contributed by atoms with Gasteiger partial charge in [0.25, 0.3) is 0 Å². The van der Waals surface area contributed by atoms with E-state index < -0.39 is 0 Å². The zero-order valence-electron chi connectivity index (χ0n) is 11.6. The van der Waals surface area contributed by atoms with E-state index in [4.69, 9.17) is 4.74 Å². The Morgan fingerprint density at radius 2 is 1.62 bits per heavy atom. The number of nitrogens with one attached hydrogen (secondary N) is 1. The first kappa shape index (κ1) is 14.0. The minimum absolute atomic E-state index is 0.630. The van der Waals surface area contributed by atoms with E-state index in [2.05, 4.69) is 63.7 Å². The molecule has 21 heavy (non-hydrogen) atoms. The average molecular weight is 342 g/mol. The number of halogens is 1. The van der Waals surface area contributed by atoms with Crippen LogP contribution >= 0.6 is 15.9 Å². The Labute approximate surface area is 132 Å². The maximum atomic E-state index is 5.71. The summed E-state index contributed by atoms with van der Waals surface area (Å²) in [6.45, 7) is 1.40. The Hall–Kier alpha value is -2.00. The molecule has 1 N–H and O–H groups in total. The molecule has 3 aromatic rings. The van der Waals surface area contributed by atoms with Crippen LogP contribution in [0.4, 0.5) is 5.69 Å². The molecule has 0 radical (unpaired) electrons. The lowest BCUT2D eigenvalue weighted by Gasteiger charge is -2.11. The van der Waals surface area contributed by atoms with Gasteiger partial charge in [-0.1, -0.05) is 52.3 Å². The second kappa shape index (κ2) is 6.64. The number of anilines is 1. The molecule has 0 aromatic heterocycles. The van der Waals surface area contributed by atoms with Crippen LogP contribution in [0.5, 0.6) is 5.75 Å². The van der Waals surface area contributed by atoms with Crippen LogP contribution in [-0.2, 0) is 0 Å². The monoisotopic (exact) mass is 341 g/mol. The Morgan fingerprint density at radius 1 is 0.857 bits per heavy atom. The van der Waals surface area contributed by atoms with Crippen molar-refractivity contribution in [2.75, 3.05) is 18.5 Å². The topological polar surface area (TPSA) is 21.3 Å². The van der Waals surface area contributed by atoms with E-state index >= 15 is 0 Å². The summed E-state index contributed by atoms with van der Waals surface area (Å²) < 4.78 is 6.77. The van der Waals surface area contributed by atoms with Crippen LogP contribution in [0, 0.1) is 0 Å². The normalized spacial score (nSPS) is 10.5. The lowest BCUT2D eigenvalue weighted by molar-refractivity contribution is 0.333. The van der Waals surface area contributed by atoms with Crippen LogP contribution in [0.1, 0.15) is 0 Å². The first-order valence-corrected chi connectivity index (χ1v) is 7.72. The van der Waals surface area contributed by atoms with Gasteiger partial charge in [-0.15, -0.1) is 0 Å². The molecule has 2 nitrogen and oxygen atoms in total. The third-order valence-electron chi connectivity index (χ3n) is 3.29. The Kier molecular flexibility index (Phi) is 4.41. The molecular weight excluding hydrogens is 326 g/mol. The number of benzene rings is 3. The van der Waals surface area contributed by atoms with Crippen LogP contribution in [0.25, 0.3) is 10.8 Å². The van der Waals surface area contributed by atoms with Crippen molar-refractivity contribution in [3.05, 3.63) is 71.2 Å². The first-order valence-electron chi connectivity index (χ1n) is 6.93. The van der Waals surface area contributed by atoms with Gasteiger partial charge in [0.05, 0.1) is 0 Å². The predicted molar refractivity (Wildman–Crippen MR) is 92.1 cm³/mol. The maximum Gasteiger partial charge on any atom is 0.119 e. The summed E-state index contributed by atoms with van der Waals surface area (Å²) in [5.41, 5.74) is 1.15. The Balaban J connectivity index is 1.58. The smallest absolute Gasteiger partial charge is 0.119 e. The lowest BCUT2D eigenvalue weighted by Crippen LogP contribution is -2.11. The minimum Gasteiger partial charge on any atom is -0.492 e. The lowest BCUT2D eigenvalue weighted by atomic mass is 10.1. The van der Waals surface area contributed by atoms with E-state index in [0.717, 1.165) is 22.5 Å². The average Bonchev–Trinajstić information content (AvgIpc) is 2.53. The quantitative estimate of drug-likeness (QED) is 0.652. The predicted octanol–water partition coefficient (Wildman–Crippen LogP) is 5.09. The van der Waals surface area contributed by atoms with Gasteiger partial charge in [0.15, 0.2) is 0 Å². The highest BCUT2D eigenvalue weighted by atomic mass is 79.9. The third-order valence-corrected chi connectivity index (χ3v) is 3.82. The summed E-state index contributed by atoms with van der Waals surface area (Å²) in [7, 11) is 0. The molecule has 0 aliphatic heterocycles. The molecule has 3 aromatic carbocycles. The van der Waals surface area contributed by atoms with E-state index in [1.807, 2.05) is 24.3 Å². The van der Waals surface area contributed by atoms with Gasteiger partial charge in [0.1, 0.15) is 12.4 Å². The van der Waals surface area contributed by atoms with E-state index in [1.54, 1.807) is 0 Å². The maximum absolute atomic E-state index is 5.71. The number of fused-ring (bicyclic) bond motifs is 1. The molecule has 0 spiro atoms. The van der Waals surface area contributed by atoms with Crippen LogP contribution in [0.3, 0.4) is 0 Å². The molecule has 0 amide bonds. The number of ether oxygens (including phenoxy) is 1.